The second-order valence-electron chi connectivity index (χ2n) is 11.0. The van der Waals surface area contributed by atoms with E-state index in [2.05, 4.69) is 55.1 Å². The largest absolute Gasteiger partial charge is 0.243 e. The number of amidine groups is 3. The highest BCUT2D eigenvalue weighted by molar-refractivity contribution is 6.39. The highest BCUT2D eigenvalue weighted by Gasteiger charge is 2.36. The first-order chi connectivity index (χ1) is 22.1. The van der Waals surface area contributed by atoms with Crippen LogP contribution < -0.4 is 0 Å². The number of allylic oxidation sites excluding steroid dienone is 2. The van der Waals surface area contributed by atoms with Gasteiger partial charge in [0, 0.05) is 16.7 Å². The Kier molecular flexibility index (Phi) is 6.24. The van der Waals surface area contributed by atoms with E-state index in [1.54, 1.807) is 4.90 Å². The zero-order valence-corrected chi connectivity index (χ0v) is 24.8. The molecule has 0 bridgehead atoms. The van der Waals surface area contributed by atoms with Crippen LogP contribution in [-0.4, -0.2) is 40.3 Å². The number of hydrogen-bond donors (Lipinski definition) is 0. The predicted octanol–water partition coefficient (Wildman–Crippen LogP) is 8.13. The molecule has 7 heteroatoms. The minimum Gasteiger partial charge on any atom is -0.213 e. The van der Waals surface area contributed by atoms with Crippen molar-refractivity contribution in [2.45, 2.75) is 13.8 Å². The molecule has 0 saturated heterocycles. The van der Waals surface area contributed by atoms with Crippen LogP contribution in [0.1, 0.15) is 36.1 Å². The van der Waals surface area contributed by atoms with E-state index in [0.717, 1.165) is 54.9 Å². The Morgan fingerprint density at radius 3 is 1.62 bits per heavy atom. The highest BCUT2D eigenvalue weighted by Crippen LogP contribution is 2.31. The second kappa shape index (κ2) is 10.6. The van der Waals surface area contributed by atoms with Crippen molar-refractivity contribution >= 4 is 68.1 Å². The van der Waals surface area contributed by atoms with E-state index >= 15 is 0 Å². The van der Waals surface area contributed by atoms with Crippen LogP contribution in [0.2, 0.25) is 0 Å². The fourth-order valence-corrected chi connectivity index (χ4v) is 5.98. The Morgan fingerprint density at radius 1 is 0.556 bits per heavy atom. The average Bonchev–Trinajstić information content (AvgIpc) is 3.08. The van der Waals surface area contributed by atoms with Crippen molar-refractivity contribution in [3.8, 4) is 0 Å². The van der Waals surface area contributed by atoms with Crippen molar-refractivity contribution in [3.63, 3.8) is 0 Å². The van der Waals surface area contributed by atoms with Gasteiger partial charge < -0.3 is 0 Å². The summed E-state index contributed by atoms with van der Waals surface area (Å²) in [6, 6.07) is 36.9. The van der Waals surface area contributed by atoms with E-state index < -0.39 is 0 Å². The van der Waals surface area contributed by atoms with Crippen LogP contribution in [0, 0.1) is 0 Å². The number of aliphatic imine (C=N–C) groups is 6. The van der Waals surface area contributed by atoms with Crippen molar-refractivity contribution in [2.75, 3.05) is 0 Å². The summed E-state index contributed by atoms with van der Waals surface area (Å²) >= 11 is 0. The van der Waals surface area contributed by atoms with Crippen molar-refractivity contribution in [1.29, 1.82) is 0 Å². The Labute approximate surface area is 260 Å². The van der Waals surface area contributed by atoms with Crippen LogP contribution in [0.4, 0.5) is 0 Å². The maximum absolute atomic E-state index is 5.01. The van der Waals surface area contributed by atoms with Crippen LogP contribution in [0.25, 0.3) is 32.7 Å². The molecule has 8 rings (SSSR count). The molecule has 7 nitrogen and oxygen atoms in total. The van der Waals surface area contributed by atoms with Gasteiger partial charge in [0.05, 0.1) is 0 Å². The van der Waals surface area contributed by atoms with Gasteiger partial charge in [-0.1, -0.05) is 127 Å². The number of benzene rings is 5. The molecule has 0 amide bonds. The highest BCUT2D eigenvalue weighted by atomic mass is 15.5. The zero-order chi connectivity index (χ0) is 30.5. The summed E-state index contributed by atoms with van der Waals surface area (Å²) in [5, 5.41) is 4.31. The lowest BCUT2D eigenvalue weighted by Crippen LogP contribution is -2.48. The molecular weight excluding hydrogens is 554 g/mol. The molecular formula is C38H27N7. The third-order valence-corrected chi connectivity index (χ3v) is 8.10. The first-order valence-corrected chi connectivity index (χ1v) is 14.8. The average molecular weight is 582 g/mol. The predicted molar refractivity (Wildman–Crippen MR) is 187 cm³/mol. The van der Waals surface area contributed by atoms with Gasteiger partial charge in [-0.2, -0.15) is 30.0 Å². The molecule has 0 saturated carbocycles. The van der Waals surface area contributed by atoms with E-state index in [4.69, 9.17) is 30.0 Å². The van der Waals surface area contributed by atoms with Gasteiger partial charge >= 0.3 is 0 Å². The lowest BCUT2D eigenvalue weighted by molar-refractivity contribution is 0.829. The quantitative estimate of drug-likeness (QED) is 0.206. The topological polar surface area (TPSA) is 77.4 Å². The molecule has 3 aliphatic heterocycles. The van der Waals surface area contributed by atoms with E-state index in [-0.39, 0.29) is 0 Å². The molecule has 214 valence electrons. The van der Waals surface area contributed by atoms with Crippen LogP contribution in [0.5, 0.6) is 0 Å². The van der Waals surface area contributed by atoms with Crippen LogP contribution >= 0.6 is 0 Å². The first-order valence-electron chi connectivity index (χ1n) is 14.8. The zero-order valence-electron chi connectivity index (χ0n) is 24.8. The number of rotatable bonds is 5. The molecule has 0 aromatic heterocycles. The maximum Gasteiger partial charge on any atom is 0.243 e. The third-order valence-electron chi connectivity index (χ3n) is 8.10. The van der Waals surface area contributed by atoms with E-state index in [1.165, 1.54) is 0 Å². The van der Waals surface area contributed by atoms with Crippen LogP contribution in [-0.2, 0) is 0 Å². The van der Waals surface area contributed by atoms with Gasteiger partial charge in [-0.25, -0.2) is 4.90 Å². The summed E-state index contributed by atoms with van der Waals surface area (Å²) in [6.45, 7) is 8.21. The summed E-state index contributed by atoms with van der Waals surface area (Å²) in [5.41, 5.74) is 5.65. The molecule has 0 spiro atoms. The fourth-order valence-electron chi connectivity index (χ4n) is 5.98. The van der Waals surface area contributed by atoms with Gasteiger partial charge in [0.2, 0.25) is 17.9 Å². The van der Waals surface area contributed by atoms with Gasteiger partial charge in [-0.05, 0) is 46.5 Å². The van der Waals surface area contributed by atoms with Gasteiger partial charge in [0.15, 0.2) is 17.5 Å². The molecule has 0 fully saturated rings. The Hall–Kier alpha value is -6.08. The molecule has 0 aliphatic carbocycles. The monoisotopic (exact) mass is 581 g/mol. The second-order valence-corrected chi connectivity index (χ2v) is 11.0. The summed E-state index contributed by atoms with van der Waals surface area (Å²) in [6.07, 6.45) is 2.02. The molecule has 0 atom stereocenters. The SMILES string of the molecule is C=C(C)c1ccccc1C(=CC)C1=NC2=NC(c3cccc4ccccc34)=NC3=NC(c4cccc5ccccc45)=NC(=N1)N23. The molecule has 5 aromatic carbocycles. The Balaban J connectivity index is 1.37. The van der Waals surface area contributed by atoms with Gasteiger partial charge in [-0.15, -0.1) is 0 Å². The molecule has 0 radical (unpaired) electrons. The lowest BCUT2D eigenvalue weighted by atomic mass is 9.95. The van der Waals surface area contributed by atoms with E-state index in [9.17, 15) is 0 Å². The number of fused-ring (bicyclic) bond motifs is 2. The number of hydrogen-bond acceptors (Lipinski definition) is 7. The van der Waals surface area contributed by atoms with E-state index in [1.807, 2.05) is 80.6 Å². The Bertz CT molecular complexity index is 2220. The molecule has 0 N–H and O–H groups in total. The smallest absolute Gasteiger partial charge is 0.213 e. The Morgan fingerprint density at radius 2 is 1.04 bits per heavy atom. The standard InChI is InChI=1S/C38H27N7/c1-4-26(30-20-10-9-17-27(30)23(2)3)33-39-36-41-34(31-21-11-15-24-13-5-7-18-28(24)31)43-38-44-35(42-37(40-33)45(36)38)32-22-12-16-25-14-6-8-19-29(25)32/h4-22H,2H2,1,3H3. The third kappa shape index (κ3) is 4.44. The molecule has 0 unspecified atom stereocenters. The van der Waals surface area contributed by atoms with Crippen molar-refractivity contribution in [2.24, 2.45) is 30.0 Å². The van der Waals surface area contributed by atoms with Crippen molar-refractivity contribution in [1.82, 2.24) is 4.90 Å². The summed E-state index contributed by atoms with van der Waals surface area (Å²) < 4.78 is 0. The normalized spacial score (nSPS) is 15.9. The van der Waals surface area contributed by atoms with Crippen molar-refractivity contribution < 1.29 is 0 Å². The number of guanidine groups is 3. The van der Waals surface area contributed by atoms with Crippen molar-refractivity contribution in [3.05, 3.63) is 144 Å². The van der Waals surface area contributed by atoms with Gasteiger partial charge in [0.25, 0.3) is 0 Å². The van der Waals surface area contributed by atoms with Gasteiger partial charge in [-0.3, -0.25) is 0 Å². The number of nitrogens with zero attached hydrogens (tertiary/aromatic N) is 7. The summed E-state index contributed by atoms with van der Waals surface area (Å²) in [5.74, 6) is 2.83. The van der Waals surface area contributed by atoms with Crippen LogP contribution in [0.3, 0.4) is 0 Å². The maximum atomic E-state index is 5.01. The van der Waals surface area contributed by atoms with E-state index in [0.29, 0.717) is 35.4 Å². The minimum atomic E-state index is 0.416. The lowest BCUT2D eigenvalue weighted by Gasteiger charge is -2.31. The molecule has 3 aliphatic rings. The van der Waals surface area contributed by atoms with Gasteiger partial charge in [0.1, 0.15) is 0 Å². The molecule has 3 heterocycles. The summed E-state index contributed by atoms with van der Waals surface area (Å²) in [7, 11) is 0. The summed E-state index contributed by atoms with van der Waals surface area (Å²) in [4.78, 5) is 31.8. The van der Waals surface area contributed by atoms with Crippen LogP contribution in [0.15, 0.2) is 152 Å². The first kappa shape index (κ1) is 26.5. The fraction of sp³-hybridized carbons (Fsp3) is 0.0526. The minimum absolute atomic E-state index is 0.416. The molecule has 45 heavy (non-hydrogen) atoms. The molecule has 5 aromatic rings.